The van der Waals surface area contributed by atoms with Gasteiger partial charge in [0, 0.05) is 22.7 Å². The van der Waals surface area contributed by atoms with Crippen molar-refractivity contribution in [2.75, 3.05) is 0 Å². The molecule has 3 heteroatoms. The van der Waals surface area contributed by atoms with Crippen LogP contribution >= 0.6 is 11.6 Å². The minimum absolute atomic E-state index is 0.0964. The summed E-state index contributed by atoms with van der Waals surface area (Å²) in [6.45, 7) is 6.25. The highest BCUT2D eigenvalue weighted by Gasteiger charge is 2.13. The molecule has 2 aromatic rings. The van der Waals surface area contributed by atoms with Crippen molar-refractivity contribution >= 4 is 11.6 Å². The molecule has 0 aromatic heterocycles. The van der Waals surface area contributed by atoms with E-state index in [9.17, 15) is 5.11 Å². The predicted molar refractivity (Wildman–Crippen MR) is 89.0 cm³/mol. The molecule has 0 aliphatic carbocycles. The first-order valence-electron chi connectivity index (χ1n) is 7.25. The zero-order valence-electron chi connectivity index (χ0n) is 12.7. The number of aromatic hydroxyl groups is 1. The topological polar surface area (TPSA) is 32.3 Å². The Morgan fingerprint density at radius 2 is 1.90 bits per heavy atom. The average Bonchev–Trinajstić information content (AvgIpc) is 2.41. The van der Waals surface area contributed by atoms with Crippen molar-refractivity contribution in [3.05, 3.63) is 64.2 Å². The molecule has 0 amide bonds. The van der Waals surface area contributed by atoms with Gasteiger partial charge in [-0.15, -0.1) is 0 Å². The summed E-state index contributed by atoms with van der Waals surface area (Å²) < 4.78 is 0. The largest absolute Gasteiger partial charge is 0.508 e. The number of benzene rings is 2. The molecule has 0 radical (unpaired) electrons. The third kappa shape index (κ3) is 4.48. The van der Waals surface area contributed by atoms with Crippen molar-refractivity contribution in [2.24, 2.45) is 0 Å². The number of phenolic OH excluding ortho intramolecular Hbond substituents is 1. The number of nitrogens with one attached hydrogen (secondary N) is 1. The van der Waals surface area contributed by atoms with E-state index in [2.05, 4.69) is 25.2 Å². The van der Waals surface area contributed by atoms with E-state index >= 15 is 0 Å². The van der Waals surface area contributed by atoms with Crippen molar-refractivity contribution in [2.45, 2.75) is 39.3 Å². The van der Waals surface area contributed by atoms with Gasteiger partial charge in [-0.1, -0.05) is 41.4 Å². The lowest BCUT2D eigenvalue weighted by molar-refractivity contribution is 0.433. The van der Waals surface area contributed by atoms with Crippen molar-refractivity contribution in [3.8, 4) is 5.75 Å². The number of phenols is 1. The Bertz CT molecular complexity index is 612. The summed E-state index contributed by atoms with van der Waals surface area (Å²) in [6, 6.07) is 14.0. The molecule has 2 unspecified atom stereocenters. The zero-order valence-corrected chi connectivity index (χ0v) is 13.5. The smallest absolute Gasteiger partial charge is 0.120 e. The standard InChI is InChI=1S/C18H22ClNO/c1-12-7-8-18(21)17(9-12)14(3)20-13(2)10-15-5-4-6-16(19)11-15/h4-9,11,13-14,20-21H,10H2,1-3H3. The van der Waals surface area contributed by atoms with E-state index < -0.39 is 0 Å². The Morgan fingerprint density at radius 3 is 2.62 bits per heavy atom. The molecule has 0 saturated carbocycles. The van der Waals surface area contributed by atoms with Crippen LogP contribution in [-0.2, 0) is 6.42 Å². The molecule has 2 aromatic carbocycles. The van der Waals surface area contributed by atoms with Crippen LogP contribution in [0, 0.1) is 6.92 Å². The third-order valence-electron chi connectivity index (χ3n) is 3.61. The molecule has 0 aliphatic heterocycles. The van der Waals surface area contributed by atoms with E-state index in [0.29, 0.717) is 11.8 Å². The second kappa shape index (κ2) is 6.97. The summed E-state index contributed by atoms with van der Waals surface area (Å²) in [5, 5.41) is 14.3. The molecular weight excluding hydrogens is 282 g/mol. The van der Waals surface area contributed by atoms with E-state index in [1.54, 1.807) is 6.07 Å². The molecule has 0 fully saturated rings. The lowest BCUT2D eigenvalue weighted by Gasteiger charge is -2.21. The number of aryl methyl sites for hydroxylation is 1. The van der Waals surface area contributed by atoms with Gasteiger partial charge in [0.05, 0.1) is 0 Å². The van der Waals surface area contributed by atoms with E-state index in [-0.39, 0.29) is 6.04 Å². The first-order valence-corrected chi connectivity index (χ1v) is 7.63. The first-order chi connectivity index (χ1) is 9.95. The van der Waals surface area contributed by atoms with Gasteiger partial charge in [0.15, 0.2) is 0 Å². The van der Waals surface area contributed by atoms with E-state index in [1.807, 2.05) is 37.3 Å². The fourth-order valence-corrected chi connectivity index (χ4v) is 2.83. The van der Waals surface area contributed by atoms with Crippen molar-refractivity contribution in [1.29, 1.82) is 0 Å². The SMILES string of the molecule is Cc1ccc(O)c(C(C)NC(C)Cc2cccc(Cl)c2)c1. The van der Waals surface area contributed by atoms with Crippen LogP contribution < -0.4 is 5.32 Å². The maximum Gasteiger partial charge on any atom is 0.120 e. The summed E-state index contributed by atoms with van der Waals surface area (Å²) in [5.41, 5.74) is 3.30. The van der Waals surface area contributed by atoms with Crippen LogP contribution in [0.15, 0.2) is 42.5 Å². The van der Waals surface area contributed by atoms with Gasteiger partial charge >= 0.3 is 0 Å². The Kier molecular flexibility index (Phi) is 5.27. The normalized spacial score (nSPS) is 13.9. The number of hydrogen-bond donors (Lipinski definition) is 2. The third-order valence-corrected chi connectivity index (χ3v) is 3.85. The monoisotopic (exact) mass is 303 g/mol. The maximum atomic E-state index is 9.99. The van der Waals surface area contributed by atoms with E-state index in [1.165, 1.54) is 5.56 Å². The molecule has 2 nitrogen and oxygen atoms in total. The number of halogens is 1. The molecule has 0 saturated heterocycles. The van der Waals surface area contributed by atoms with Gasteiger partial charge in [0.1, 0.15) is 5.75 Å². The van der Waals surface area contributed by atoms with Crippen molar-refractivity contribution in [1.82, 2.24) is 5.32 Å². The second-order valence-corrected chi connectivity index (χ2v) is 6.12. The van der Waals surface area contributed by atoms with Crippen LogP contribution in [0.5, 0.6) is 5.75 Å². The Morgan fingerprint density at radius 1 is 1.14 bits per heavy atom. The molecule has 0 spiro atoms. The second-order valence-electron chi connectivity index (χ2n) is 5.69. The molecule has 112 valence electrons. The van der Waals surface area contributed by atoms with Crippen LogP contribution in [0.2, 0.25) is 5.02 Å². The van der Waals surface area contributed by atoms with Crippen LogP contribution in [0.25, 0.3) is 0 Å². The minimum Gasteiger partial charge on any atom is -0.508 e. The van der Waals surface area contributed by atoms with Crippen LogP contribution in [0.1, 0.15) is 36.6 Å². The molecule has 2 rings (SSSR count). The first kappa shape index (κ1) is 15.9. The van der Waals surface area contributed by atoms with E-state index in [0.717, 1.165) is 22.6 Å². The van der Waals surface area contributed by atoms with Crippen LogP contribution in [0.3, 0.4) is 0 Å². The summed E-state index contributed by atoms with van der Waals surface area (Å²) in [6.07, 6.45) is 0.900. The maximum absolute atomic E-state index is 9.99. The van der Waals surface area contributed by atoms with Gasteiger partial charge in [-0.2, -0.15) is 0 Å². The Hall–Kier alpha value is -1.51. The zero-order chi connectivity index (χ0) is 15.4. The molecule has 0 aliphatic rings. The fraction of sp³-hybridized carbons (Fsp3) is 0.333. The summed E-state index contributed by atoms with van der Waals surface area (Å²) in [5.74, 6) is 0.343. The molecule has 2 N–H and O–H groups in total. The fourth-order valence-electron chi connectivity index (χ4n) is 2.61. The van der Waals surface area contributed by atoms with Crippen LogP contribution in [-0.4, -0.2) is 11.1 Å². The highest BCUT2D eigenvalue weighted by Crippen LogP contribution is 2.25. The quantitative estimate of drug-likeness (QED) is 0.843. The number of hydrogen-bond acceptors (Lipinski definition) is 2. The van der Waals surface area contributed by atoms with Crippen molar-refractivity contribution < 1.29 is 5.11 Å². The lowest BCUT2D eigenvalue weighted by Crippen LogP contribution is -2.30. The van der Waals surface area contributed by atoms with Gasteiger partial charge in [-0.25, -0.2) is 0 Å². The highest BCUT2D eigenvalue weighted by atomic mass is 35.5. The van der Waals surface area contributed by atoms with Gasteiger partial charge in [0.25, 0.3) is 0 Å². The van der Waals surface area contributed by atoms with Crippen LogP contribution in [0.4, 0.5) is 0 Å². The highest BCUT2D eigenvalue weighted by molar-refractivity contribution is 6.30. The summed E-state index contributed by atoms with van der Waals surface area (Å²) in [7, 11) is 0. The van der Waals surface area contributed by atoms with Crippen molar-refractivity contribution in [3.63, 3.8) is 0 Å². The van der Waals surface area contributed by atoms with Gasteiger partial charge in [0.2, 0.25) is 0 Å². The molecule has 0 bridgehead atoms. The molecule has 21 heavy (non-hydrogen) atoms. The summed E-state index contributed by atoms with van der Waals surface area (Å²) in [4.78, 5) is 0. The van der Waals surface area contributed by atoms with Gasteiger partial charge in [-0.3, -0.25) is 0 Å². The van der Waals surface area contributed by atoms with E-state index in [4.69, 9.17) is 11.6 Å². The summed E-state index contributed by atoms with van der Waals surface area (Å²) >= 11 is 6.01. The molecular formula is C18H22ClNO. The Labute approximate surface area is 131 Å². The lowest BCUT2D eigenvalue weighted by atomic mass is 10.0. The molecule has 2 atom stereocenters. The van der Waals surface area contributed by atoms with Gasteiger partial charge in [-0.05, 0) is 51.0 Å². The number of rotatable bonds is 5. The van der Waals surface area contributed by atoms with Gasteiger partial charge < -0.3 is 10.4 Å². The predicted octanol–water partition coefficient (Wildman–Crippen LogP) is 4.64. The average molecular weight is 304 g/mol. The Balaban J connectivity index is 2.01. The molecule has 0 heterocycles. The minimum atomic E-state index is 0.0964.